The van der Waals surface area contributed by atoms with Crippen LogP contribution >= 0.6 is 0 Å². The SMILES string of the molecule is C=C(C)c1ccc(C(C)C)cc1.C=c1/c(=C/C)oc2ccc(C)cc12.CC. The van der Waals surface area contributed by atoms with E-state index in [-0.39, 0.29) is 0 Å². The van der Waals surface area contributed by atoms with Gasteiger partial charge in [0, 0.05) is 10.6 Å². The molecular weight excluding hydrogens is 328 g/mol. The summed E-state index contributed by atoms with van der Waals surface area (Å²) >= 11 is 0. The van der Waals surface area contributed by atoms with Crippen LogP contribution in [0.2, 0.25) is 0 Å². The molecule has 0 fully saturated rings. The fourth-order valence-corrected chi connectivity index (χ4v) is 2.67. The van der Waals surface area contributed by atoms with Crippen molar-refractivity contribution in [2.45, 2.75) is 54.4 Å². The highest BCUT2D eigenvalue weighted by Crippen LogP contribution is 2.17. The third kappa shape index (κ3) is 5.99. The largest absolute Gasteiger partial charge is 0.456 e. The van der Waals surface area contributed by atoms with Gasteiger partial charge < -0.3 is 4.42 Å². The summed E-state index contributed by atoms with van der Waals surface area (Å²) in [7, 11) is 0. The van der Waals surface area contributed by atoms with Crippen molar-refractivity contribution in [2.24, 2.45) is 0 Å². The molecule has 0 radical (unpaired) electrons. The molecule has 0 amide bonds. The van der Waals surface area contributed by atoms with Gasteiger partial charge in [-0.1, -0.05) is 82.3 Å². The van der Waals surface area contributed by atoms with Crippen molar-refractivity contribution in [3.05, 3.63) is 76.4 Å². The van der Waals surface area contributed by atoms with Crippen LogP contribution in [0.4, 0.5) is 0 Å². The summed E-state index contributed by atoms with van der Waals surface area (Å²) in [5.41, 5.74) is 6.79. The first-order valence-electron chi connectivity index (χ1n) is 9.73. The van der Waals surface area contributed by atoms with E-state index in [1.54, 1.807) is 0 Å². The molecular formula is C26H34O. The Labute approximate surface area is 164 Å². The fraction of sp³-hybridized carbons (Fsp3) is 0.308. The van der Waals surface area contributed by atoms with Crippen molar-refractivity contribution >= 4 is 29.2 Å². The lowest BCUT2D eigenvalue weighted by Crippen LogP contribution is -2.16. The number of benzene rings is 2. The Balaban J connectivity index is 0.000000248. The lowest BCUT2D eigenvalue weighted by Gasteiger charge is -2.06. The van der Waals surface area contributed by atoms with Crippen LogP contribution in [0, 0.1) is 6.92 Å². The summed E-state index contributed by atoms with van der Waals surface area (Å²) in [6.45, 7) is 22.4. The van der Waals surface area contributed by atoms with Crippen molar-refractivity contribution in [3.8, 4) is 0 Å². The molecule has 144 valence electrons. The number of allylic oxidation sites excluding steroid dienone is 1. The zero-order chi connectivity index (χ0) is 20.6. The van der Waals surface area contributed by atoms with E-state index in [2.05, 4.69) is 64.3 Å². The zero-order valence-electron chi connectivity index (χ0n) is 18.0. The van der Waals surface area contributed by atoms with Crippen LogP contribution in [0.25, 0.3) is 29.2 Å². The number of furan rings is 1. The molecule has 0 saturated heterocycles. The minimum atomic E-state index is 0.615. The van der Waals surface area contributed by atoms with Gasteiger partial charge in [-0.05, 0) is 56.0 Å². The van der Waals surface area contributed by atoms with Gasteiger partial charge in [0.25, 0.3) is 0 Å². The number of aryl methyl sites for hydroxylation is 1. The van der Waals surface area contributed by atoms with Gasteiger partial charge in [-0.25, -0.2) is 0 Å². The third-order valence-electron chi connectivity index (χ3n) is 4.31. The van der Waals surface area contributed by atoms with Crippen molar-refractivity contribution in [1.29, 1.82) is 0 Å². The van der Waals surface area contributed by atoms with E-state index in [0.29, 0.717) is 5.92 Å². The average Bonchev–Trinajstić information content (AvgIpc) is 2.99. The molecule has 0 spiro atoms. The highest BCUT2D eigenvalue weighted by Gasteiger charge is 2.00. The van der Waals surface area contributed by atoms with Crippen molar-refractivity contribution in [2.75, 3.05) is 0 Å². The second kappa shape index (κ2) is 10.6. The summed E-state index contributed by atoms with van der Waals surface area (Å²) in [6, 6.07) is 14.8. The zero-order valence-corrected chi connectivity index (χ0v) is 18.0. The molecule has 0 N–H and O–H groups in total. The summed E-state index contributed by atoms with van der Waals surface area (Å²) in [5.74, 6) is 0.615. The van der Waals surface area contributed by atoms with Gasteiger partial charge >= 0.3 is 0 Å². The summed E-state index contributed by atoms with van der Waals surface area (Å²) in [5, 5.41) is 2.11. The number of hydrogen-bond acceptors (Lipinski definition) is 1. The first kappa shape index (κ1) is 22.5. The normalized spacial score (nSPS) is 10.9. The smallest absolute Gasteiger partial charge is 0.135 e. The molecule has 1 heteroatoms. The lowest BCUT2D eigenvalue weighted by molar-refractivity contribution is 0.575. The molecule has 0 aliphatic carbocycles. The number of rotatable bonds is 2. The Hall–Kier alpha value is -2.54. The van der Waals surface area contributed by atoms with Crippen LogP contribution in [0.15, 0.2) is 53.5 Å². The van der Waals surface area contributed by atoms with Gasteiger partial charge in [-0.15, -0.1) is 0 Å². The molecule has 1 nitrogen and oxygen atoms in total. The maximum atomic E-state index is 5.58. The maximum absolute atomic E-state index is 5.58. The molecule has 0 atom stereocenters. The van der Waals surface area contributed by atoms with Crippen molar-refractivity contribution in [3.63, 3.8) is 0 Å². The van der Waals surface area contributed by atoms with Crippen LogP contribution in [0.1, 0.15) is 64.2 Å². The van der Waals surface area contributed by atoms with Gasteiger partial charge in [0.05, 0.1) is 0 Å². The Morgan fingerprint density at radius 3 is 2.11 bits per heavy atom. The predicted molar refractivity (Wildman–Crippen MR) is 122 cm³/mol. The van der Waals surface area contributed by atoms with E-state index in [9.17, 15) is 0 Å². The molecule has 1 aromatic heterocycles. The number of hydrogen-bond donors (Lipinski definition) is 0. The highest BCUT2D eigenvalue weighted by molar-refractivity contribution is 5.78. The standard InChI is InChI=1S/C12H12O.C12H16.C2H6/c1-4-11-9(3)10-7-8(2)5-6-12(10)13-11;1-9(2)11-5-7-12(8-6-11)10(3)4;1-2/h4-7H,3H2,1-2H3;5-8,10H,1H2,2-4H3;1-2H3/b11-4-;;. The van der Waals surface area contributed by atoms with E-state index in [1.807, 2.05) is 45.9 Å². The van der Waals surface area contributed by atoms with Crippen LogP contribution in [-0.4, -0.2) is 0 Å². The second-order valence-corrected chi connectivity index (χ2v) is 6.79. The number of fused-ring (bicyclic) bond motifs is 1. The second-order valence-electron chi connectivity index (χ2n) is 6.79. The minimum Gasteiger partial charge on any atom is -0.456 e. The van der Waals surface area contributed by atoms with Crippen molar-refractivity contribution < 1.29 is 4.42 Å². The van der Waals surface area contributed by atoms with Crippen LogP contribution in [-0.2, 0) is 0 Å². The average molecular weight is 363 g/mol. The van der Waals surface area contributed by atoms with E-state index in [1.165, 1.54) is 16.7 Å². The summed E-state index contributed by atoms with van der Waals surface area (Å²) in [6.07, 6.45) is 1.94. The van der Waals surface area contributed by atoms with Gasteiger partial charge in [-0.2, -0.15) is 0 Å². The topological polar surface area (TPSA) is 13.1 Å². The Morgan fingerprint density at radius 1 is 1.04 bits per heavy atom. The van der Waals surface area contributed by atoms with E-state index >= 15 is 0 Å². The van der Waals surface area contributed by atoms with Crippen LogP contribution < -0.4 is 10.6 Å². The summed E-state index contributed by atoms with van der Waals surface area (Å²) < 4.78 is 5.58. The molecule has 0 saturated carbocycles. The molecule has 0 aliphatic heterocycles. The monoisotopic (exact) mass is 362 g/mol. The highest BCUT2D eigenvalue weighted by atomic mass is 16.3. The Bertz CT molecular complexity index is 969. The molecule has 2 aromatic carbocycles. The van der Waals surface area contributed by atoms with Gasteiger partial charge in [0.1, 0.15) is 11.0 Å². The molecule has 3 rings (SSSR count). The maximum Gasteiger partial charge on any atom is 0.135 e. The van der Waals surface area contributed by atoms with Crippen molar-refractivity contribution in [1.82, 2.24) is 0 Å². The Kier molecular flexibility index (Phi) is 8.81. The first-order valence-corrected chi connectivity index (χ1v) is 9.73. The summed E-state index contributed by atoms with van der Waals surface area (Å²) in [4.78, 5) is 0. The van der Waals surface area contributed by atoms with Crippen LogP contribution in [0.3, 0.4) is 0 Å². The van der Waals surface area contributed by atoms with E-state index in [0.717, 1.165) is 27.2 Å². The molecule has 27 heavy (non-hydrogen) atoms. The van der Waals surface area contributed by atoms with E-state index in [4.69, 9.17) is 4.42 Å². The molecule has 0 aliphatic rings. The Morgan fingerprint density at radius 2 is 1.63 bits per heavy atom. The quantitative estimate of drug-likeness (QED) is 0.487. The molecule has 3 aromatic rings. The minimum absolute atomic E-state index is 0.615. The molecule has 0 bridgehead atoms. The van der Waals surface area contributed by atoms with Gasteiger partial charge in [-0.3, -0.25) is 0 Å². The first-order chi connectivity index (χ1) is 12.8. The van der Waals surface area contributed by atoms with Gasteiger partial charge in [0.2, 0.25) is 0 Å². The predicted octanol–water partition coefficient (Wildman–Crippen LogP) is 6.82. The fourth-order valence-electron chi connectivity index (χ4n) is 2.67. The lowest BCUT2D eigenvalue weighted by atomic mass is 10.00. The third-order valence-corrected chi connectivity index (χ3v) is 4.31. The van der Waals surface area contributed by atoms with E-state index < -0.39 is 0 Å². The van der Waals surface area contributed by atoms with Crippen LogP contribution in [0.5, 0.6) is 0 Å². The molecule has 1 heterocycles. The van der Waals surface area contributed by atoms with Gasteiger partial charge in [0.15, 0.2) is 0 Å². The molecule has 0 unspecified atom stereocenters.